The molecule has 0 aromatic heterocycles. The molecule has 1 N–H and O–H groups in total. The summed E-state index contributed by atoms with van der Waals surface area (Å²) in [5, 5.41) is 9.65. The van der Waals surface area contributed by atoms with Crippen LogP contribution in [0.2, 0.25) is 0 Å². The second-order valence-electron chi connectivity index (χ2n) is 4.90. The molecule has 100 valence electrons. The lowest BCUT2D eigenvalue weighted by Crippen LogP contribution is -2.43. The average Bonchev–Trinajstić information content (AvgIpc) is 2.58. The molecule has 0 aromatic rings. The number of likely N-dealkylation sites (N-methyl/N-ethyl adjacent to an activating group) is 1. The third kappa shape index (κ3) is 4.61. The molecule has 1 saturated heterocycles. The van der Waals surface area contributed by atoms with E-state index in [1.807, 2.05) is 25.9 Å². The molecule has 1 aliphatic heterocycles. The van der Waals surface area contributed by atoms with Crippen molar-refractivity contribution < 1.29 is 14.6 Å². The van der Waals surface area contributed by atoms with Crippen molar-refractivity contribution in [3.05, 3.63) is 0 Å². The summed E-state index contributed by atoms with van der Waals surface area (Å²) >= 11 is 0. The van der Waals surface area contributed by atoms with E-state index < -0.39 is 6.10 Å². The lowest BCUT2D eigenvalue weighted by atomic mass is 10.2. The molecule has 0 radical (unpaired) electrons. The third-order valence-electron chi connectivity index (χ3n) is 2.86. The predicted molar refractivity (Wildman–Crippen MR) is 65.8 cm³/mol. The Morgan fingerprint density at radius 3 is 2.82 bits per heavy atom. The molecule has 0 aliphatic carbocycles. The largest absolute Gasteiger partial charge is 0.391 e. The van der Waals surface area contributed by atoms with Gasteiger partial charge in [-0.05, 0) is 26.9 Å². The maximum atomic E-state index is 11.9. The Labute approximate surface area is 103 Å². The average molecular weight is 244 g/mol. The fraction of sp³-hybridized carbons (Fsp3) is 0.917. The van der Waals surface area contributed by atoms with Crippen molar-refractivity contribution in [3.8, 4) is 0 Å². The molecule has 1 amide bonds. The fourth-order valence-electron chi connectivity index (χ4n) is 2.18. The van der Waals surface area contributed by atoms with E-state index in [1.165, 1.54) is 0 Å². The van der Waals surface area contributed by atoms with Crippen molar-refractivity contribution >= 4 is 5.91 Å². The predicted octanol–water partition coefficient (Wildman–Crippen LogP) is -0.0636. The fourth-order valence-corrected chi connectivity index (χ4v) is 2.18. The second-order valence-corrected chi connectivity index (χ2v) is 4.90. The van der Waals surface area contributed by atoms with Crippen molar-refractivity contribution in [1.29, 1.82) is 0 Å². The molecule has 0 spiro atoms. The highest BCUT2D eigenvalue weighted by Gasteiger charge is 2.34. The van der Waals surface area contributed by atoms with Gasteiger partial charge < -0.3 is 19.6 Å². The topological polar surface area (TPSA) is 53.0 Å². The smallest absolute Gasteiger partial charge is 0.248 e. The number of aliphatic hydroxyl groups excluding tert-OH is 1. The molecule has 1 aliphatic rings. The Bertz CT molecular complexity index is 246. The number of carbonyl (C=O) groups is 1. The molecule has 1 rings (SSSR count). The summed E-state index contributed by atoms with van der Waals surface area (Å²) in [7, 11) is 3.95. The minimum Gasteiger partial charge on any atom is -0.391 e. The zero-order chi connectivity index (χ0) is 12.8. The summed E-state index contributed by atoms with van der Waals surface area (Å²) in [6.07, 6.45) is 1.18. The highest BCUT2D eigenvalue weighted by molar-refractivity contribution is 5.78. The minimum atomic E-state index is -0.393. The van der Waals surface area contributed by atoms with Crippen LogP contribution < -0.4 is 0 Å². The van der Waals surface area contributed by atoms with Gasteiger partial charge in [-0.2, -0.15) is 0 Å². The number of amides is 1. The Hall–Kier alpha value is -0.650. The van der Waals surface area contributed by atoms with Crippen LogP contribution in [0.5, 0.6) is 0 Å². The molecule has 1 heterocycles. The summed E-state index contributed by atoms with van der Waals surface area (Å²) in [6.45, 7) is 3.98. The van der Waals surface area contributed by atoms with Crippen molar-refractivity contribution in [2.75, 3.05) is 40.4 Å². The molecule has 0 saturated carbocycles. The summed E-state index contributed by atoms with van der Waals surface area (Å²) < 4.78 is 5.26. The quantitative estimate of drug-likeness (QED) is 0.665. The third-order valence-corrected chi connectivity index (χ3v) is 2.86. The van der Waals surface area contributed by atoms with Crippen LogP contribution in [-0.4, -0.2) is 73.4 Å². The van der Waals surface area contributed by atoms with Crippen molar-refractivity contribution in [1.82, 2.24) is 9.80 Å². The number of carbonyl (C=O) groups excluding carboxylic acids is 1. The number of rotatable bonds is 6. The van der Waals surface area contributed by atoms with Crippen LogP contribution in [0.15, 0.2) is 0 Å². The first-order valence-electron chi connectivity index (χ1n) is 6.24. The SMILES string of the molecule is CCCOCC(=O)N1CC(O)CC1CN(C)C. The molecule has 5 heteroatoms. The van der Waals surface area contributed by atoms with Gasteiger partial charge in [0.05, 0.1) is 6.10 Å². The Kier molecular flexibility index (Phi) is 5.88. The molecule has 17 heavy (non-hydrogen) atoms. The molecule has 2 unspecified atom stereocenters. The van der Waals surface area contributed by atoms with E-state index in [1.54, 1.807) is 4.90 Å². The Morgan fingerprint density at radius 2 is 2.24 bits per heavy atom. The first kappa shape index (κ1) is 14.4. The van der Waals surface area contributed by atoms with Gasteiger partial charge in [-0.1, -0.05) is 6.92 Å². The van der Waals surface area contributed by atoms with Gasteiger partial charge in [0.25, 0.3) is 0 Å². The summed E-state index contributed by atoms with van der Waals surface area (Å²) in [5.41, 5.74) is 0. The van der Waals surface area contributed by atoms with Gasteiger partial charge in [0.1, 0.15) is 6.61 Å². The van der Waals surface area contributed by atoms with E-state index >= 15 is 0 Å². The van der Waals surface area contributed by atoms with E-state index in [9.17, 15) is 9.90 Å². The number of aliphatic hydroxyl groups is 1. The Morgan fingerprint density at radius 1 is 1.53 bits per heavy atom. The van der Waals surface area contributed by atoms with Crippen LogP contribution in [0.25, 0.3) is 0 Å². The maximum absolute atomic E-state index is 11.9. The number of likely N-dealkylation sites (tertiary alicyclic amines) is 1. The lowest BCUT2D eigenvalue weighted by molar-refractivity contribution is -0.137. The van der Waals surface area contributed by atoms with E-state index in [-0.39, 0.29) is 18.6 Å². The van der Waals surface area contributed by atoms with Crippen LogP contribution in [0.1, 0.15) is 19.8 Å². The van der Waals surface area contributed by atoms with Crippen LogP contribution in [0.3, 0.4) is 0 Å². The number of nitrogens with zero attached hydrogens (tertiary/aromatic N) is 2. The highest BCUT2D eigenvalue weighted by atomic mass is 16.5. The van der Waals surface area contributed by atoms with Crippen molar-refractivity contribution in [2.24, 2.45) is 0 Å². The van der Waals surface area contributed by atoms with Gasteiger partial charge in [0.2, 0.25) is 5.91 Å². The second kappa shape index (κ2) is 6.93. The van der Waals surface area contributed by atoms with Gasteiger partial charge in [-0.25, -0.2) is 0 Å². The first-order chi connectivity index (χ1) is 8.04. The van der Waals surface area contributed by atoms with E-state index in [2.05, 4.69) is 0 Å². The van der Waals surface area contributed by atoms with Gasteiger partial charge in [-0.3, -0.25) is 4.79 Å². The molecular weight excluding hydrogens is 220 g/mol. The maximum Gasteiger partial charge on any atom is 0.248 e. The molecule has 5 nitrogen and oxygen atoms in total. The summed E-state index contributed by atoms with van der Waals surface area (Å²) in [4.78, 5) is 15.7. The highest BCUT2D eigenvalue weighted by Crippen LogP contribution is 2.18. The van der Waals surface area contributed by atoms with Crippen molar-refractivity contribution in [3.63, 3.8) is 0 Å². The molecule has 0 aromatic carbocycles. The summed E-state index contributed by atoms with van der Waals surface area (Å²) in [6, 6.07) is 0.109. The Balaban J connectivity index is 2.45. The van der Waals surface area contributed by atoms with Gasteiger partial charge >= 0.3 is 0 Å². The van der Waals surface area contributed by atoms with Gasteiger partial charge in [0, 0.05) is 25.7 Å². The van der Waals surface area contributed by atoms with Gasteiger partial charge in [0.15, 0.2) is 0 Å². The molecule has 0 bridgehead atoms. The zero-order valence-corrected chi connectivity index (χ0v) is 11.1. The van der Waals surface area contributed by atoms with Gasteiger partial charge in [-0.15, -0.1) is 0 Å². The molecule has 1 fully saturated rings. The molecule has 2 atom stereocenters. The van der Waals surface area contributed by atoms with E-state index in [4.69, 9.17) is 4.74 Å². The molecular formula is C12H24N2O3. The van der Waals surface area contributed by atoms with Crippen LogP contribution in [0.4, 0.5) is 0 Å². The number of hydrogen-bond donors (Lipinski definition) is 1. The van der Waals surface area contributed by atoms with E-state index in [0.29, 0.717) is 19.6 Å². The van der Waals surface area contributed by atoms with Crippen LogP contribution in [0, 0.1) is 0 Å². The normalized spacial score (nSPS) is 24.6. The van der Waals surface area contributed by atoms with Crippen LogP contribution in [-0.2, 0) is 9.53 Å². The minimum absolute atomic E-state index is 0.0122. The first-order valence-corrected chi connectivity index (χ1v) is 6.24. The zero-order valence-electron chi connectivity index (χ0n) is 11.1. The van der Waals surface area contributed by atoms with E-state index in [0.717, 1.165) is 13.0 Å². The lowest BCUT2D eigenvalue weighted by Gasteiger charge is -2.26. The number of hydrogen-bond acceptors (Lipinski definition) is 4. The summed E-state index contributed by atoms with van der Waals surface area (Å²) in [5.74, 6) is -0.0122. The van der Waals surface area contributed by atoms with Crippen LogP contribution >= 0.6 is 0 Å². The number of ether oxygens (including phenoxy) is 1. The van der Waals surface area contributed by atoms with Crippen molar-refractivity contribution in [2.45, 2.75) is 31.9 Å². The number of β-amino-alcohol motifs (C(OH)–C–C–N with tert-alkyl or cyclic N) is 1. The monoisotopic (exact) mass is 244 g/mol. The standard InChI is InChI=1S/C12H24N2O3/c1-4-5-17-9-12(16)14-8-11(15)6-10(14)7-13(2)3/h10-11,15H,4-9H2,1-3H3.